The van der Waals surface area contributed by atoms with Crippen molar-refractivity contribution in [3.8, 4) is 17.2 Å². The van der Waals surface area contributed by atoms with Gasteiger partial charge in [-0.05, 0) is 54.1 Å². The molecule has 2 atom stereocenters. The van der Waals surface area contributed by atoms with Crippen LogP contribution in [0.15, 0.2) is 59.6 Å². The lowest BCUT2D eigenvalue weighted by atomic mass is 9.93. The lowest BCUT2D eigenvalue weighted by Crippen LogP contribution is -2.33. The van der Waals surface area contributed by atoms with Gasteiger partial charge in [-0.2, -0.15) is 0 Å². The predicted molar refractivity (Wildman–Crippen MR) is 117 cm³/mol. The number of nitrogens with one attached hydrogen (secondary N) is 1. The molecule has 5 nitrogen and oxygen atoms in total. The molecule has 3 aromatic rings. The summed E-state index contributed by atoms with van der Waals surface area (Å²) in [5.41, 5.74) is 2.37. The highest BCUT2D eigenvalue weighted by atomic mass is 35.5. The Bertz CT molecular complexity index is 1180. The van der Waals surface area contributed by atoms with Gasteiger partial charge in [-0.1, -0.05) is 29.3 Å². The first kappa shape index (κ1) is 20.1. The Labute approximate surface area is 188 Å². The van der Waals surface area contributed by atoms with Crippen LogP contribution in [0, 0.1) is 5.82 Å². The van der Waals surface area contributed by atoms with Gasteiger partial charge in [0.1, 0.15) is 17.7 Å². The lowest BCUT2D eigenvalue weighted by Gasteiger charge is -2.31. The summed E-state index contributed by atoms with van der Waals surface area (Å²) < 4.78 is 25.6. The quantitative estimate of drug-likeness (QED) is 0.521. The molecule has 158 valence electrons. The topological polar surface area (TPSA) is 63.1 Å². The SMILES string of the molecule is Oc1ccc(Cl)cc1[C@H]1CC(c2ccc3c(c2)OCO3)=N[C@@H](c2c(F)cccc2Cl)N1. The van der Waals surface area contributed by atoms with E-state index in [1.807, 2.05) is 18.2 Å². The maximum atomic E-state index is 14.7. The first-order valence-corrected chi connectivity index (χ1v) is 10.4. The van der Waals surface area contributed by atoms with Crippen LogP contribution in [0.3, 0.4) is 0 Å². The smallest absolute Gasteiger partial charge is 0.231 e. The van der Waals surface area contributed by atoms with Crippen LogP contribution in [0.4, 0.5) is 4.39 Å². The Kier molecular flexibility index (Phi) is 5.22. The highest BCUT2D eigenvalue weighted by molar-refractivity contribution is 6.31. The van der Waals surface area contributed by atoms with Crippen molar-refractivity contribution in [2.45, 2.75) is 18.6 Å². The summed E-state index contributed by atoms with van der Waals surface area (Å²) in [7, 11) is 0. The summed E-state index contributed by atoms with van der Waals surface area (Å²) in [5.74, 6) is 0.916. The Morgan fingerprint density at radius 2 is 1.87 bits per heavy atom. The van der Waals surface area contributed by atoms with Gasteiger partial charge >= 0.3 is 0 Å². The van der Waals surface area contributed by atoms with Crippen LogP contribution < -0.4 is 14.8 Å². The molecule has 0 unspecified atom stereocenters. The Morgan fingerprint density at radius 1 is 1.03 bits per heavy atom. The number of benzene rings is 3. The van der Waals surface area contributed by atoms with Crippen molar-refractivity contribution >= 4 is 28.9 Å². The second-order valence-corrected chi connectivity index (χ2v) is 8.15. The molecule has 0 bridgehead atoms. The maximum absolute atomic E-state index is 14.7. The minimum Gasteiger partial charge on any atom is -0.508 e. The number of phenolic OH excluding ortho intramolecular Hbond substituents is 1. The number of phenols is 1. The van der Waals surface area contributed by atoms with Crippen LogP contribution in [0.25, 0.3) is 0 Å². The number of fused-ring (bicyclic) bond motifs is 1. The summed E-state index contributed by atoms with van der Waals surface area (Å²) in [5, 5.41) is 14.5. The van der Waals surface area contributed by atoms with Crippen LogP contribution in [0.1, 0.15) is 35.3 Å². The van der Waals surface area contributed by atoms with Crippen LogP contribution in [-0.2, 0) is 0 Å². The Hall–Kier alpha value is -2.80. The Morgan fingerprint density at radius 3 is 2.71 bits per heavy atom. The zero-order valence-electron chi connectivity index (χ0n) is 16.1. The third-order valence-electron chi connectivity index (χ3n) is 5.39. The van der Waals surface area contributed by atoms with E-state index in [1.165, 1.54) is 12.1 Å². The van der Waals surface area contributed by atoms with Gasteiger partial charge in [0.15, 0.2) is 11.5 Å². The minimum atomic E-state index is -0.758. The summed E-state index contributed by atoms with van der Waals surface area (Å²) in [6.07, 6.45) is -0.318. The zero-order chi connectivity index (χ0) is 21.5. The van der Waals surface area contributed by atoms with Gasteiger partial charge in [0.05, 0.1) is 5.02 Å². The molecule has 2 aliphatic heterocycles. The average molecular weight is 459 g/mol. The molecule has 2 aliphatic rings. The highest BCUT2D eigenvalue weighted by Crippen LogP contribution is 2.39. The third-order valence-corrected chi connectivity index (χ3v) is 5.95. The van der Waals surface area contributed by atoms with Gasteiger partial charge in [0.2, 0.25) is 6.79 Å². The van der Waals surface area contributed by atoms with Crippen LogP contribution in [0.2, 0.25) is 10.0 Å². The summed E-state index contributed by atoms with van der Waals surface area (Å²) in [4.78, 5) is 4.77. The number of aromatic hydroxyl groups is 1. The van der Waals surface area contributed by atoms with E-state index < -0.39 is 12.0 Å². The molecule has 0 fully saturated rings. The van der Waals surface area contributed by atoms with Gasteiger partial charge in [-0.3, -0.25) is 10.3 Å². The number of nitrogens with zero attached hydrogens (tertiary/aromatic N) is 1. The molecule has 0 saturated carbocycles. The first-order valence-electron chi connectivity index (χ1n) is 9.64. The van der Waals surface area contributed by atoms with E-state index in [-0.39, 0.29) is 29.2 Å². The van der Waals surface area contributed by atoms with Crippen molar-refractivity contribution in [1.82, 2.24) is 5.32 Å². The number of halogens is 3. The molecule has 0 spiro atoms. The molecule has 0 saturated heterocycles. The van der Waals surface area contributed by atoms with Gasteiger partial charge in [-0.15, -0.1) is 0 Å². The van der Waals surface area contributed by atoms with Gasteiger partial charge in [0.25, 0.3) is 0 Å². The van der Waals surface area contributed by atoms with Gasteiger partial charge in [-0.25, -0.2) is 4.39 Å². The molecular formula is C23H17Cl2FN2O3. The molecule has 0 radical (unpaired) electrons. The second kappa shape index (κ2) is 8.04. The van der Waals surface area contributed by atoms with Crippen LogP contribution in [-0.4, -0.2) is 17.6 Å². The fourth-order valence-corrected chi connectivity index (χ4v) is 4.33. The largest absolute Gasteiger partial charge is 0.508 e. The monoisotopic (exact) mass is 458 g/mol. The third kappa shape index (κ3) is 3.83. The van der Waals surface area contributed by atoms with E-state index in [0.29, 0.717) is 34.2 Å². The second-order valence-electron chi connectivity index (χ2n) is 7.31. The van der Waals surface area contributed by atoms with E-state index >= 15 is 0 Å². The van der Waals surface area contributed by atoms with Gasteiger partial charge < -0.3 is 14.6 Å². The number of hydrogen-bond donors (Lipinski definition) is 2. The minimum absolute atomic E-state index is 0.0900. The first-order chi connectivity index (χ1) is 15.0. The molecule has 0 aromatic heterocycles. The van der Waals surface area contributed by atoms with E-state index in [0.717, 1.165) is 5.56 Å². The number of rotatable bonds is 3. The van der Waals surface area contributed by atoms with E-state index in [4.69, 9.17) is 37.7 Å². The lowest BCUT2D eigenvalue weighted by molar-refractivity contribution is 0.174. The number of hydrogen-bond acceptors (Lipinski definition) is 5. The van der Waals surface area contributed by atoms with Crippen molar-refractivity contribution in [1.29, 1.82) is 0 Å². The molecule has 2 heterocycles. The Balaban J connectivity index is 1.61. The normalized spacial score (nSPS) is 19.9. The summed E-state index contributed by atoms with van der Waals surface area (Å²) >= 11 is 12.5. The molecule has 0 amide bonds. The van der Waals surface area contributed by atoms with Crippen molar-refractivity contribution in [2.75, 3.05) is 6.79 Å². The van der Waals surface area contributed by atoms with Crippen molar-refractivity contribution in [3.05, 3.63) is 87.2 Å². The standard InChI is InChI=1S/C23H17Cl2FN2O3/c24-13-5-6-19(29)14(9-13)18-10-17(12-4-7-20-21(8-12)31-11-30-20)27-23(28-18)22-15(25)2-1-3-16(22)26/h1-9,18,23,28-29H,10-11H2/t18-,23-/m1/s1. The molecule has 8 heteroatoms. The molecule has 2 N–H and O–H groups in total. The molecule has 3 aromatic carbocycles. The number of ether oxygens (including phenoxy) is 2. The maximum Gasteiger partial charge on any atom is 0.231 e. The summed E-state index contributed by atoms with van der Waals surface area (Å²) in [6, 6.07) is 14.5. The average Bonchev–Trinajstić information content (AvgIpc) is 3.23. The molecular weight excluding hydrogens is 442 g/mol. The van der Waals surface area contributed by atoms with Crippen LogP contribution >= 0.6 is 23.2 Å². The van der Waals surface area contributed by atoms with Crippen molar-refractivity contribution < 1.29 is 19.0 Å². The highest BCUT2D eigenvalue weighted by Gasteiger charge is 2.31. The molecule has 0 aliphatic carbocycles. The predicted octanol–water partition coefficient (Wildman–Crippen LogP) is 5.79. The van der Waals surface area contributed by atoms with Gasteiger partial charge in [0, 0.05) is 34.3 Å². The van der Waals surface area contributed by atoms with E-state index in [2.05, 4.69) is 5.32 Å². The van der Waals surface area contributed by atoms with Crippen molar-refractivity contribution in [3.63, 3.8) is 0 Å². The molecule has 5 rings (SSSR count). The van der Waals surface area contributed by atoms with Crippen LogP contribution in [0.5, 0.6) is 17.2 Å². The fourth-order valence-electron chi connectivity index (χ4n) is 3.88. The van der Waals surface area contributed by atoms with E-state index in [9.17, 15) is 9.50 Å². The fraction of sp³-hybridized carbons (Fsp3) is 0.174. The molecule has 31 heavy (non-hydrogen) atoms. The van der Waals surface area contributed by atoms with Crippen molar-refractivity contribution in [2.24, 2.45) is 4.99 Å². The van der Waals surface area contributed by atoms with E-state index in [1.54, 1.807) is 24.3 Å². The number of aliphatic imine (C=N–C) groups is 1. The zero-order valence-corrected chi connectivity index (χ0v) is 17.6. The summed E-state index contributed by atoms with van der Waals surface area (Å²) in [6.45, 7) is 0.166.